The third kappa shape index (κ3) is 2.71. The highest BCUT2D eigenvalue weighted by molar-refractivity contribution is 7.95. The minimum atomic E-state index is -3.25. The summed E-state index contributed by atoms with van der Waals surface area (Å²) in [6.07, 6.45) is 1.91. The number of rotatable bonds is 3. The zero-order chi connectivity index (χ0) is 9.07. The summed E-state index contributed by atoms with van der Waals surface area (Å²) in [5, 5.41) is 9.52. The molecule has 11 heavy (non-hydrogen) atoms. The molecule has 0 unspecified atom stereocenters. The molecule has 0 atom stereocenters. The van der Waals surface area contributed by atoms with Crippen LogP contribution in [0.3, 0.4) is 0 Å². The van der Waals surface area contributed by atoms with Crippen LogP contribution < -0.4 is 5.32 Å². The second kappa shape index (κ2) is 3.52. The van der Waals surface area contributed by atoms with Crippen LogP contribution in [0.25, 0.3) is 0 Å². The average molecular weight is 176 g/mol. The minimum absolute atomic E-state index is 0.0278. The van der Waals surface area contributed by atoms with E-state index in [1.807, 2.05) is 0 Å². The van der Waals surface area contributed by atoms with Gasteiger partial charge in [0.2, 0.25) is 0 Å². The molecule has 0 amide bonds. The Labute approximate surface area is 66.7 Å². The van der Waals surface area contributed by atoms with Crippen LogP contribution in [0.15, 0.2) is 10.6 Å². The smallest absolute Gasteiger partial charge is 0.178 e. The molecule has 0 aromatic heterocycles. The topological polar surface area (TPSA) is 70.0 Å². The van der Waals surface area contributed by atoms with Gasteiger partial charge < -0.3 is 10.7 Å². The largest absolute Gasteiger partial charge is 0.391 e. The van der Waals surface area contributed by atoms with Crippen LogP contribution in [0.5, 0.6) is 0 Å². The number of nitrogens with one attached hydrogen (secondary N) is 2. The van der Waals surface area contributed by atoms with Crippen LogP contribution >= 0.6 is 0 Å². The van der Waals surface area contributed by atoms with Crippen molar-refractivity contribution in [2.24, 2.45) is 0 Å². The van der Waals surface area contributed by atoms with Crippen molar-refractivity contribution < 1.29 is 8.42 Å². The van der Waals surface area contributed by atoms with Gasteiger partial charge >= 0.3 is 0 Å². The van der Waals surface area contributed by atoms with Gasteiger partial charge in [-0.3, -0.25) is 0 Å². The van der Waals surface area contributed by atoms with Gasteiger partial charge in [0.15, 0.2) is 9.84 Å². The SMILES string of the molecule is CN/C(C)=C(\C=N)S(C)(=O)=O. The number of sulfone groups is 1. The lowest BCUT2D eigenvalue weighted by Gasteiger charge is -2.03. The van der Waals surface area contributed by atoms with Gasteiger partial charge in [-0.25, -0.2) is 8.42 Å². The molecule has 5 heteroatoms. The van der Waals surface area contributed by atoms with Gasteiger partial charge in [-0.15, -0.1) is 0 Å². The first-order chi connectivity index (χ1) is 4.93. The Morgan fingerprint density at radius 1 is 1.55 bits per heavy atom. The van der Waals surface area contributed by atoms with Crippen molar-refractivity contribution >= 4 is 16.1 Å². The molecule has 0 heterocycles. The highest BCUT2D eigenvalue weighted by atomic mass is 32.2. The van der Waals surface area contributed by atoms with Crippen molar-refractivity contribution in [3.63, 3.8) is 0 Å². The predicted octanol–water partition coefficient (Wildman–Crippen LogP) is 0.131. The van der Waals surface area contributed by atoms with E-state index >= 15 is 0 Å². The molecule has 0 saturated carbocycles. The van der Waals surface area contributed by atoms with Gasteiger partial charge in [0, 0.05) is 25.2 Å². The summed E-state index contributed by atoms with van der Waals surface area (Å²) in [5.41, 5.74) is 0.488. The minimum Gasteiger partial charge on any atom is -0.391 e. The average Bonchev–Trinajstić information content (AvgIpc) is 1.86. The third-order valence-electron chi connectivity index (χ3n) is 1.28. The molecule has 0 saturated heterocycles. The maximum Gasteiger partial charge on any atom is 0.178 e. The maximum absolute atomic E-state index is 10.9. The van der Waals surface area contributed by atoms with E-state index in [-0.39, 0.29) is 4.91 Å². The Morgan fingerprint density at radius 3 is 2.09 bits per heavy atom. The van der Waals surface area contributed by atoms with Gasteiger partial charge in [-0.2, -0.15) is 0 Å². The molecule has 0 aliphatic heterocycles. The first-order valence-corrected chi connectivity index (χ1v) is 4.91. The second-order valence-electron chi connectivity index (χ2n) is 2.16. The molecule has 0 aromatic carbocycles. The fourth-order valence-corrected chi connectivity index (χ4v) is 1.49. The van der Waals surface area contributed by atoms with Crippen LogP contribution in [0.2, 0.25) is 0 Å². The Hall–Kier alpha value is -0.840. The highest BCUT2D eigenvalue weighted by Crippen LogP contribution is 2.04. The van der Waals surface area contributed by atoms with Gasteiger partial charge in [0.05, 0.1) is 0 Å². The molecule has 2 N–H and O–H groups in total. The predicted molar refractivity (Wildman–Crippen MR) is 45.4 cm³/mol. The standard InChI is InChI=1S/C6H12N2O2S/c1-5(8-2)6(4-7)11(3,9)10/h4,7-8H,1-3H3/b6-5+,7-4?. The molecule has 0 rings (SSSR count). The molecule has 4 nitrogen and oxygen atoms in total. The van der Waals surface area contributed by atoms with E-state index in [1.54, 1.807) is 14.0 Å². The fraction of sp³-hybridized carbons (Fsp3) is 0.500. The normalized spacial score (nSPS) is 13.7. The molecule has 0 aliphatic rings. The molecular formula is C6H12N2O2S. The lowest BCUT2D eigenvalue weighted by Crippen LogP contribution is -2.12. The highest BCUT2D eigenvalue weighted by Gasteiger charge is 2.10. The summed E-state index contributed by atoms with van der Waals surface area (Å²) in [7, 11) is -1.64. The third-order valence-corrected chi connectivity index (χ3v) is 2.50. The second-order valence-corrected chi connectivity index (χ2v) is 4.14. The Kier molecular flexibility index (Phi) is 3.25. The van der Waals surface area contributed by atoms with E-state index in [0.717, 1.165) is 12.5 Å². The van der Waals surface area contributed by atoms with E-state index in [0.29, 0.717) is 5.70 Å². The van der Waals surface area contributed by atoms with Crippen LogP contribution in [-0.2, 0) is 9.84 Å². The number of hydrogen-bond donors (Lipinski definition) is 2. The quantitative estimate of drug-likeness (QED) is 0.600. The summed E-state index contributed by atoms with van der Waals surface area (Å²) in [5.74, 6) is 0. The molecule has 0 spiro atoms. The van der Waals surface area contributed by atoms with Gasteiger partial charge in [0.1, 0.15) is 4.91 Å². The zero-order valence-electron chi connectivity index (χ0n) is 6.80. The first-order valence-electron chi connectivity index (χ1n) is 3.02. The lowest BCUT2D eigenvalue weighted by molar-refractivity contribution is 0.608. The van der Waals surface area contributed by atoms with E-state index in [4.69, 9.17) is 5.41 Å². The van der Waals surface area contributed by atoms with Crippen LogP contribution in [-0.4, -0.2) is 27.9 Å². The van der Waals surface area contributed by atoms with E-state index in [9.17, 15) is 8.42 Å². The van der Waals surface area contributed by atoms with E-state index in [1.165, 1.54) is 0 Å². The molecule has 0 bridgehead atoms. The Balaban J connectivity index is 5.15. The van der Waals surface area contributed by atoms with Crippen LogP contribution in [0.1, 0.15) is 6.92 Å². The molecule has 0 radical (unpaired) electrons. The monoisotopic (exact) mass is 176 g/mol. The zero-order valence-corrected chi connectivity index (χ0v) is 7.62. The number of hydrogen-bond acceptors (Lipinski definition) is 4. The molecule has 0 aliphatic carbocycles. The van der Waals surface area contributed by atoms with Gasteiger partial charge in [-0.05, 0) is 6.92 Å². The van der Waals surface area contributed by atoms with E-state index < -0.39 is 9.84 Å². The Bertz CT molecular complexity index is 277. The Morgan fingerprint density at radius 2 is 2.00 bits per heavy atom. The lowest BCUT2D eigenvalue weighted by atomic mass is 10.4. The maximum atomic E-state index is 10.9. The van der Waals surface area contributed by atoms with Crippen LogP contribution in [0, 0.1) is 5.41 Å². The van der Waals surface area contributed by atoms with Gasteiger partial charge in [0.25, 0.3) is 0 Å². The fourth-order valence-electron chi connectivity index (χ4n) is 0.617. The molecular weight excluding hydrogens is 164 g/mol. The molecule has 0 fully saturated rings. The van der Waals surface area contributed by atoms with Crippen molar-refractivity contribution in [1.29, 1.82) is 5.41 Å². The molecule has 64 valence electrons. The van der Waals surface area contributed by atoms with E-state index in [2.05, 4.69) is 5.32 Å². The van der Waals surface area contributed by atoms with Crippen molar-refractivity contribution in [1.82, 2.24) is 5.32 Å². The van der Waals surface area contributed by atoms with Crippen molar-refractivity contribution in [2.45, 2.75) is 6.92 Å². The first kappa shape index (κ1) is 10.2. The summed E-state index contributed by atoms with van der Waals surface area (Å²) in [4.78, 5) is 0.0278. The van der Waals surface area contributed by atoms with Crippen LogP contribution in [0.4, 0.5) is 0 Å². The molecule has 0 aromatic rings. The van der Waals surface area contributed by atoms with Crippen molar-refractivity contribution in [2.75, 3.05) is 13.3 Å². The van der Waals surface area contributed by atoms with Gasteiger partial charge in [-0.1, -0.05) is 0 Å². The summed E-state index contributed by atoms with van der Waals surface area (Å²) >= 11 is 0. The summed E-state index contributed by atoms with van der Waals surface area (Å²) < 4.78 is 21.8. The summed E-state index contributed by atoms with van der Waals surface area (Å²) in [6.45, 7) is 1.61. The van der Waals surface area contributed by atoms with Crippen molar-refractivity contribution in [3.05, 3.63) is 10.6 Å². The van der Waals surface area contributed by atoms with Crippen molar-refractivity contribution in [3.8, 4) is 0 Å². The summed E-state index contributed by atoms with van der Waals surface area (Å²) in [6, 6.07) is 0. The number of allylic oxidation sites excluding steroid dienone is 2.